The van der Waals surface area contributed by atoms with Crippen LogP contribution < -0.4 is 4.74 Å². The Morgan fingerprint density at radius 1 is 0.649 bits per heavy atom. The molecule has 196 valence electrons. The first kappa shape index (κ1) is 28.0. The third-order valence-electron chi connectivity index (χ3n) is 6.29. The predicted octanol–water partition coefficient (Wildman–Crippen LogP) is 7.99. The number of para-hydroxylation sites is 2. The SMILES string of the molecule is CCCc1cccc(CCC)c1O.CCCc1cccc(CCC)c1Oc1ccc2c(c1)C(=O)OC2=O. The number of benzene rings is 3. The molecule has 0 bridgehead atoms. The zero-order valence-electron chi connectivity index (χ0n) is 22.4. The van der Waals surface area contributed by atoms with Crippen molar-refractivity contribution in [2.45, 2.75) is 79.1 Å². The fraction of sp³-hybridized carbons (Fsp3) is 0.375. The molecule has 3 aromatic rings. The van der Waals surface area contributed by atoms with Crippen LogP contribution in [0.5, 0.6) is 17.2 Å². The molecule has 1 aliphatic heterocycles. The highest BCUT2D eigenvalue weighted by molar-refractivity contribution is 6.14. The number of phenols is 1. The van der Waals surface area contributed by atoms with Crippen LogP contribution in [0.25, 0.3) is 0 Å². The van der Waals surface area contributed by atoms with Crippen molar-refractivity contribution in [1.82, 2.24) is 0 Å². The molecular weight excluding hydrogens is 464 g/mol. The van der Waals surface area contributed by atoms with Gasteiger partial charge in [0, 0.05) is 0 Å². The number of carbonyl (C=O) groups excluding carboxylic acids is 2. The summed E-state index contributed by atoms with van der Waals surface area (Å²) in [7, 11) is 0. The molecule has 0 aromatic heterocycles. The van der Waals surface area contributed by atoms with Crippen molar-refractivity contribution in [2.75, 3.05) is 0 Å². The van der Waals surface area contributed by atoms with E-state index in [0.29, 0.717) is 17.1 Å². The van der Waals surface area contributed by atoms with Gasteiger partial charge in [-0.1, -0.05) is 89.8 Å². The maximum absolute atomic E-state index is 11.7. The van der Waals surface area contributed by atoms with E-state index in [0.717, 1.165) is 79.4 Å². The molecule has 4 rings (SSSR count). The van der Waals surface area contributed by atoms with Crippen molar-refractivity contribution < 1.29 is 24.2 Å². The smallest absolute Gasteiger partial charge is 0.347 e. The van der Waals surface area contributed by atoms with Gasteiger partial charge in [-0.15, -0.1) is 0 Å². The van der Waals surface area contributed by atoms with Crippen LogP contribution in [0, 0.1) is 0 Å². The first-order chi connectivity index (χ1) is 17.9. The maximum Gasteiger partial charge on any atom is 0.347 e. The average Bonchev–Trinajstić information content (AvgIpc) is 3.17. The van der Waals surface area contributed by atoms with Gasteiger partial charge in [0.2, 0.25) is 0 Å². The Kier molecular flexibility index (Phi) is 10.3. The van der Waals surface area contributed by atoms with Gasteiger partial charge in [-0.25, -0.2) is 9.59 Å². The molecule has 0 spiro atoms. The summed E-state index contributed by atoms with van der Waals surface area (Å²) >= 11 is 0. The molecule has 1 N–H and O–H groups in total. The van der Waals surface area contributed by atoms with Crippen molar-refractivity contribution in [2.24, 2.45) is 0 Å². The van der Waals surface area contributed by atoms with Gasteiger partial charge in [0.25, 0.3) is 0 Å². The zero-order valence-corrected chi connectivity index (χ0v) is 22.4. The topological polar surface area (TPSA) is 72.8 Å². The van der Waals surface area contributed by atoms with E-state index < -0.39 is 11.9 Å². The van der Waals surface area contributed by atoms with Gasteiger partial charge in [-0.3, -0.25) is 0 Å². The Balaban J connectivity index is 0.000000248. The second kappa shape index (κ2) is 13.6. The molecular formula is C32H38O5. The van der Waals surface area contributed by atoms with E-state index in [2.05, 4.69) is 50.6 Å². The van der Waals surface area contributed by atoms with Crippen molar-refractivity contribution in [3.05, 3.63) is 88.0 Å². The number of esters is 2. The second-order valence-electron chi connectivity index (χ2n) is 9.32. The van der Waals surface area contributed by atoms with Gasteiger partial charge < -0.3 is 14.6 Å². The minimum absolute atomic E-state index is 0.266. The van der Waals surface area contributed by atoms with E-state index in [1.807, 2.05) is 18.2 Å². The summed E-state index contributed by atoms with van der Waals surface area (Å²) in [4.78, 5) is 23.3. The van der Waals surface area contributed by atoms with Crippen LogP contribution in [0.2, 0.25) is 0 Å². The first-order valence-electron chi connectivity index (χ1n) is 13.4. The Morgan fingerprint density at radius 2 is 1.11 bits per heavy atom. The number of hydrogen-bond donors (Lipinski definition) is 1. The second-order valence-corrected chi connectivity index (χ2v) is 9.32. The molecule has 0 aliphatic carbocycles. The molecule has 0 radical (unpaired) electrons. The van der Waals surface area contributed by atoms with Crippen LogP contribution in [0.15, 0.2) is 54.6 Å². The Hall–Kier alpha value is -3.60. The lowest BCUT2D eigenvalue weighted by atomic mass is 10.0. The first-order valence-corrected chi connectivity index (χ1v) is 13.4. The zero-order chi connectivity index (χ0) is 26.8. The standard InChI is InChI=1S/C20H20O4.C12H18O/c1-3-6-13-8-5-9-14(7-4-2)18(13)23-15-10-11-16-17(12-15)20(22)24-19(16)21;1-3-6-10-8-5-9-11(7-4-2)12(10)13/h5,8-12H,3-4,6-7H2,1-2H3;5,8-9,13H,3-4,6-7H2,1-2H3. The van der Waals surface area contributed by atoms with Gasteiger partial charge in [-0.05, 0) is 66.1 Å². The van der Waals surface area contributed by atoms with E-state index in [4.69, 9.17) is 4.74 Å². The quantitative estimate of drug-likeness (QED) is 0.225. The van der Waals surface area contributed by atoms with E-state index >= 15 is 0 Å². The lowest BCUT2D eigenvalue weighted by molar-refractivity contribution is 0.0443. The summed E-state index contributed by atoms with van der Waals surface area (Å²) in [5, 5.41) is 9.85. The molecule has 1 aliphatic rings. The fourth-order valence-electron chi connectivity index (χ4n) is 4.53. The van der Waals surface area contributed by atoms with Gasteiger partial charge in [0.1, 0.15) is 17.2 Å². The van der Waals surface area contributed by atoms with Gasteiger partial charge in [0.05, 0.1) is 11.1 Å². The highest BCUT2D eigenvalue weighted by Gasteiger charge is 2.30. The van der Waals surface area contributed by atoms with Crippen LogP contribution in [0.1, 0.15) is 96.3 Å². The van der Waals surface area contributed by atoms with Crippen LogP contribution >= 0.6 is 0 Å². The molecule has 5 nitrogen and oxygen atoms in total. The third kappa shape index (κ3) is 7.00. The maximum atomic E-state index is 11.7. The number of cyclic esters (lactones) is 2. The Bertz CT molecular complexity index is 1180. The third-order valence-corrected chi connectivity index (χ3v) is 6.29. The van der Waals surface area contributed by atoms with Crippen molar-refractivity contribution in [3.63, 3.8) is 0 Å². The molecule has 0 saturated heterocycles. The van der Waals surface area contributed by atoms with E-state index in [1.165, 1.54) is 0 Å². The van der Waals surface area contributed by atoms with Crippen molar-refractivity contribution in [3.8, 4) is 17.2 Å². The molecule has 0 fully saturated rings. The number of hydrogen-bond acceptors (Lipinski definition) is 5. The summed E-state index contributed by atoms with van der Waals surface area (Å²) in [6.07, 6.45) is 8.03. The van der Waals surface area contributed by atoms with Crippen LogP contribution in [0.3, 0.4) is 0 Å². The normalized spacial score (nSPS) is 12.0. The van der Waals surface area contributed by atoms with Crippen molar-refractivity contribution >= 4 is 11.9 Å². The van der Waals surface area contributed by atoms with Gasteiger partial charge in [0.15, 0.2) is 0 Å². The number of phenolic OH excluding ortho intramolecular Hbond substituents is 1. The Morgan fingerprint density at radius 3 is 1.62 bits per heavy atom. The van der Waals surface area contributed by atoms with Crippen molar-refractivity contribution in [1.29, 1.82) is 0 Å². The summed E-state index contributed by atoms with van der Waals surface area (Å²) in [6.45, 7) is 8.53. The molecule has 37 heavy (non-hydrogen) atoms. The average molecular weight is 503 g/mol. The number of rotatable bonds is 10. The molecule has 0 atom stereocenters. The number of aryl methyl sites for hydroxylation is 4. The molecule has 5 heteroatoms. The number of fused-ring (bicyclic) bond motifs is 1. The van der Waals surface area contributed by atoms with E-state index in [-0.39, 0.29) is 5.56 Å². The lowest BCUT2D eigenvalue weighted by Crippen LogP contribution is -1.99. The molecule has 0 saturated carbocycles. The number of ether oxygens (including phenoxy) is 2. The highest BCUT2D eigenvalue weighted by atomic mass is 16.6. The number of aromatic hydroxyl groups is 1. The molecule has 3 aromatic carbocycles. The van der Waals surface area contributed by atoms with Crippen LogP contribution in [-0.2, 0) is 30.4 Å². The summed E-state index contributed by atoms with van der Waals surface area (Å²) in [6, 6.07) is 17.1. The molecule has 0 amide bonds. The van der Waals surface area contributed by atoms with Crippen LogP contribution in [0.4, 0.5) is 0 Å². The van der Waals surface area contributed by atoms with E-state index in [1.54, 1.807) is 18.2 Å². The molecule has 1 heterocycles. The highest BCUT2D eigenvalue weighted by Crippen LogP contribution is 2.33. The lowest BCUT2D eigenvalue weighted by Gasteiger charge is -2.15. The number of carbonyl (C=O) groups is 2. The Labute approximate surface area is 220 Å². The monoisotopic (exact) mass is 502 g/mol. The van der Waals surface area contributed by atoms with Gasteiger partial charge in [-0.2, -0.15) is 0 Å². The summed E-state index contributed by atoms with van der Waals surface area (Å²) in [5.41, 5.74) is 5.05. The predicted molar refractivity (Wildman–Crippen MR) is 147 cm³/mol. The fourth-order valence-corrected chi connectivity index (χ4v) is 4.53. The van der Waals surface area contributed by atoms with E-state index in [9.17, 15) is 14.7 Å². The molecule has 0 unspecified atom stereocenters. The minimum Gasteiger partial charge on any atom is -0.507 e. The summed E-state index contributed by atoms with van der Waals surface area (Å²) in [5.74, 6) is 0.710. The van der Waals surface area contributed by atoms with Gasteiger partial charge >= 0.3 is 11.9 Å². The van der Waals surface area contributed by atoms with Crippen LogP contribution in [-0.4, -0.2) is 17.0 Å². The summed E-state index contributed by atoms with van der Waals surface area (Å²) < 4.78 is 10.8. The largest absolute Gasteiger partial charge is 0.507 e. The minimum atomic E-state index is -0.615.